The predicted molar refractivity (Wildman–Crippen MR) is 68.8 cm³/mol. The fourth-order valence-corrected chi connectivity index (χ4v) is 3.68. The number of benzene rings is 1. The van der Waals surface area contributed by atoms with Gasteiger partial charge in [0.15, 0.2) is 0 Å². The molecule has 2 unspecified atom stereocenters. The summed E-state index contributed by atoms with van der Waals surface area (Å²) in [6.45, 7) is 3.63. The van der Waals surface area contributed by atoms with E-state index in [-0.39, 0.29) is 12.4 Å². The highest BCUT2D eigenvalue weighted by atomic mass is 35.5. The van der Waals surface area contributed by atoms with Crippen LogP contribution in [0.2, 0.25) is 0 Å². The average Bonchev–Trinajstić information content (AvgIpc) is 2.85. The molecule has 4 rings (SSSR count). The Morgan fingerprint density at radius 1 is 1.31 bits per heavy atom. The van der Waals surface area contributed by atoms with Crippen molar-refractivity contribution >= 4 is 18.1 Å². The van der Waals surface area contributed by atoms with Crippen molar-refractivity contribution in [3.05, 3.63) is 29.3 Å². The minimum atomic E-state index is 0. The predicted octanol–water partition coefficient (Wildman–Crippen LogP) is 1.93. The summed E-state index contributed by atoms with van der Waals surface area (Å²) in [6.07, 6.45) is 2.58. The zero-order chi connectivity index (χ0) is 9.83. The third kappa shape index (κ3) is 1.17. The monoisotopic (exact) mass is 236 g/mol. The van der Waals surface area contributed by atoms with E-state index in [1.807, 2.05) is 0 Å². The maximum atomic E-state index is 3.53. The maximum absolute atomic E-state index is 3.53. The summed E-state index contributed by atoms with van der Waals surface area (Å²) in [7, 11) is 0. The van der Waals surface area contributed by atoms with Crippen LogP contribution in [0.5, 0.6) is 0 Å². The quantitative estimate of drug-likeness (QED) is 0.741. The van der Waals surface area contributed by atoms with Gasteiger partial charge in [-0.3, -0.25) is 0 Å². The molecule has 0 spiro atoms. The van der Waals surface area contributed by atoms with Gasteiger partial charge >= 0.3 is 0 Å². The molecule has 0 aromatic heterocycles. The van der Waals surface area contributed by atoms with Gasteiger partial charge in [0, 0.05) is 30.7 Å². The number of halogens is 1. The van der Waals surface area contributed by atoms with Crippen molar-refractivity contribution in [1.82, 2.24) is 5.32 Å². The summed E-state index contributed by atoms with van der Waals surface area (Å²) in [6, 6.07) is 7.69. The Bertz CT molecular complexity index is 418. The van der Waals surface area contributed by atoms with Crippen LogP contribution in [0, 0.1) is 0 Å². The zero-order valence-electron chi connectivity index (χ0n) is 9.28. The van der Waals surface area contributed by atoms with Crippen molar-refractivity contribution < 1.29 is 0 Å². The van der Waals surface area contributed by atoms with Gasteiger partial charge in [0.05, 0.1) is 0 Å². The molecule has 1 N–H and O–H groups in total. The molecular formula is C13H17ClN2. The number of fused-ring (bicyclic) bond motifs is 3. The lowest BCUT2D eigenvalue weighted by molar-refractivity contribution is 0.405. The number of anilines is 1. The molecule has 3 heterocycles. The van der Waals surface area contributed by atoms with Gasteiger partial charge in [0.25, 0.3) is 0 Å². The Morgan fingerprint density at radius 2 is 2.25 bits per heavy atom. The molecule has 2 nitrogen and oxygen atoms in total. The lowest BCUT2D eigenvalue weighted by atomic mass is 9.89. The highest BCUT2D eigenvalue weighted by molar-refractivity contribution is 5.85. The molecule has 1 aromatic rings. The standard InChI is InChI=1S/C13H16N2.ClH/c1-2-9-5-7-15-12-4-6-14-8-11(12)10(3-1)13(9)15;/h1-3,11-12,14H,4-8H2;1H. The number of rotatable bonds is 0. The Hall–Kier alpha value is -0.730. The lowest BCUT2D eigenvalue weighted by Crippen LogP contribution is -2.43. The van der Waals surface area contributed by atoms with E-state index in [4.69, 9.17) is 0 Å². The average molecular weight is 237 g/mol. The van der Waals surface area contributed by atoms with E-state index < -0.39 is 0 Å². The number of hydrogen-bond acceptors (Lipinski definition) is 2. The van der Waals surface area contributed by atoms with Crippen molar-refractivity contribution in [1.29, 1.82) is 0 Å². The smallest absolute Gasteiger partial charge is 0.0438 e. The molecule has 0 saturated carbocycles. The van der Waals surface area contributed by atoms with Gasteiger partial charge in [0.1, 0.15) is 0 Å². The fraction of sp³-hybridized carbons (Fsp3) is 0.538. The highest BCUT2D eigenvalue weighted by Crippen LogP contribution is 2.47. The van der Waals surface area contributed by atoms with E-state index in [1.54, 1.807) is 16.8 Å². The summed E-state index contributed by atoms with van der Waals surface area (Å²) in [4.78, 5) is 2.68. The number of hydrogen-bond donors (Lipinski definition) is 1. The minimum Gasteiger partial charge on any atom is -0.367 e. The molecule has 0 radical (unpaired) electrons. The second kappa shape index (κ2) is 3.64. The first kappa shape index (κ1) is 10.4. The largest absolute Gasteiger partial charge is 0.367 e. The molecule has 16 heavy (non-hydrogen) atoms. The SMILES string of the molecule is Cl.c1cc2c3c(c1)C1CNCCC1N3CC2. The summed E-state index contributed by atoms with van der Waals surface area (Å²) < 4.78 is 0. The van der Waals surface area contributed by atoms with Crippen molar-refractivity contribution in [3.8, 4) is 0 Å². The van der Waals surface area contributed by atoms with Crippen LogP contribution in [0.3, 0.4) is 0 Å². The molecule has 0 aliphatic carbocycles. The van der Waals surface area contributed by atoms with E-state index in [9.17, 15) is 0 Å². The molecule has 0 amide bonds. The molecular weight excluding hydrogens is 220 g/mol. The Morgan fingerprint density at radius 3 is 3.19 bits per heavy atom. The second-order valence-electron chi connectivity index (χ2n) is 4.97. The lowest BCUT2D eigenvalue weighted by Gasteiger charge is -2.32. The van der Waals surface area contributed by atoms with Crippen molar-refractivity contribution in [2.45, 2.75) is 24.8 Å². The van der Waals surface area contributed by atoms with Gasteiger partial charge in [-0.25, -0.2) is 0 Å². The van der Waals surface area contributed by atoms with Crippen molar-refractivity contribution in [2.24, 2.45) is 0 Å². The van der Waals surface area contributed by atoms with E-state index in [0.717, 1.165) is 12.0 Å². The molecule has 1 saturated heterocycles. The second-order valence-corrected chi connectivity index (χ2v) is 4.97. The van der Waals surface area contributed by atoms with Crippen LogP contribution in [0.4, 0.5) is 5.69 Å². The summed E-state index contributed by atoms with van der Waals surface area (Å²) in [5.41, 5.74) is 4.79. The van der Waals surface area contributed by atoms with Crippen LogP contribution in [-0.4, -0.2) is 25.7 Å². The van der Waals surface area contributed by atoms with Crippen LogP contribution in [0.25, 0.3) is 0 Å². The van der Waals surface area contributed by atoms with E-state index in [1.165, 1.54) is 32.5 Å². The number of nitrogens with zero attached hydrogens (tertiary/aromatic N) is 1. The number of nitrogens with one attached hydrogen (secondary N) is 1. The normalized spacial score (nSPS) is 29.6. The van der Waals surface area contributed by atoms with Crippen LogP contribution in [0.15, 0.2) is 18.2 Å². The molecule has 3 aliphatic heterocycles. The van der Waals surface area contributed by atoms with Gasteiger partial charge in [-0.05, 0) is 30.5 Å². The fourth-order valence-electron chi connectivity index (χ4n) is 3.68. The van der Waals surface area contributed by atoms with Gasteiger partial charge < -0.3 is 10.2 Å². The van der Waals surface area contributed by atoms with Crippen LogP contribution >= 0.6 is 12.4 Å². The Balaban J connectivity index is 0.000000810. The molecule has 86 valence electrons. The van der Waals surface area contributed by atoms with Gasteiger partial charge in [-0.2, -0.15) is 0 Å². The first-order chi connectivity index (χ1) is 7.45. The molecule has 3 heteroatoms. The maximum Gasteiger partial charge on any atom is 0.0438 e. The van der Waals surface area contributed by atoms with Crippen LogP contribution in [0.1, 0.15) is 23.5 Å². The topological polar surface area (TPSA) is 15.3 Å². The minimum absolute atomic E-state index is 0. The van der Waals surface area contributed by atoms with Crippen LogP contribution in [-0.2, 0) is 6.42 Å². The zero-order valence-corrected chi connectivity index (χ0v) is 10.1. The summed E-state index contributed by atoms with van der Waals surface area (Å²) in [5, 5.41) is 3.53. The molecule has 1 aromatic carbocycles. The molecule has 3 aliphatic rings. The Labute approximate surface area is 102 Å². The van der Waals surface area contributed by atoms with E-state index in [2.05, 4.69) is 28.4 Å². The summed E-state index contributed by atoms with van der Waals surface area (Å²) in [5.74, 6) is 0.758. The van der Waals surface area contributed by atoms with Gasteiger partial charge in [-0.15, -0.1) is 12.4 Å². The van der Waals surface area contributed by atoms with Crippen LogP contribution < -0.4 is 10.2 Å². The first-order valence-electron chi connectivity index (χ1n) is 6.04. The molecule has 0 bridgehead atoms. The number of piperidine rings is 1. The molecule has 2 atom stereocenters. The Kier molecular flexibility index (Phi) is 2.37. The first-order valence-corrected chi connectivity index (χ1v) is 6.04. The van der Waals surface area contributed by atoms with E-state index >= 15 is 0 Å². The molecule has 1 fully saturated rings. The van der Waals surface area contributed by atoms with Gasteiger partial charge in [-0.1, -0.05) is 18.2 Å². The van der Waals surface area contributed by atoms with E-state index in [0.29, 0.717) is 0 Å². The van der Waals surface area contributed by atoms with Gasteiger partial charge in [0.2, 0.25) is 0 Å². The summed E-state index contributed by atoms with van der Waals surface area (Å²) >= 11 is 0. The number of para-hydroxylation sites is 1. The van der Waals surface area contributed by atoms with Crippen molar-refractivity contribution in [3.63, 3.8) is 0 Å². The third-order valence-electron chi connectivity index (χ3n) is 4.31. The third-order valence-corrected chi connectivity index (χ3v) is 4.31. The van der Waals surface area contributed by atoms with Crippen molar-refractivity contribution in [2.75, 3.05) is 24.5 Å². The highest BCUT2D eigenvalue weighted by Gasteiger charge is 2.42.